The van der Waals surface area contributed by atoms with Gasteiger partial charge in [0.25, 0.3) is 5.69 Å². The average Bonchev–Trinajstić information content (AvgIpc) is 2.40. The van der Waals surface area contributed by atoms with Gasteiger partial charge in [-0.05, 0) is 31.5 Å². The van der Waals surface area contributed by atoms with E-state index >= 15 is 0 Å². The number of hydrogen-bond acceptors (Lipinski definition) is 4. The van der Waals surface area contributed by atoms with E-state index in [4.69, 9.17) is 0 Å². The summed E-state index contributed by atoms with van der Waals surface area (Å²) in [6.07, 6.45) is 2.00. The van der Waals surface area contributed by atoms with Gasteiger partial charge < -0.3 is 16.0 Å². The van der Waals surface area contributed by atoms with Gasteiger partial charge in [-0.2, -0.15) is 0 Å². The zero-order valence-corrected chi connectivity index (χ0v) is 10.4. The van der Waals surface area contributed by atoms with E-state index in [1.165, 1.54) is 24.3 Å². The lowest BCUT2D eigenvalue weighted by atomic mass is 10.1. The Bertz CT molecular complexity index is 455. The topological polar surface area (TPSA) is 96.3 Å². The van der Waals surface area contributed by atoms with Crippen LogP contribution >= 0.6 is 0 Å². The van der Waals surface area contributed by atoms with E-state index in [-0.39, 0.29) is 17.8 Å². The van der Waals surface area contributed by atoms with Crippen molar-refractivity contribution >= 4 is 17.4 Å². The molecule has 1 saturated heterocycles. The molecule has 1 aromatic carbocycles. The number of nitrogens with zero attached hydrogens (tertiary/aromatic N) is 1. The van der Waals surface area contributed by atoms with Gasteiger partial charge in [0.2, 0.25) is 0 Å². The van der Waals surface area contributed by atoms with Gasteiger partial charge in [-0.1, -0.05) is 0 Å². The normalized spacial score (nSPS) is 18.6. The Labute approximate surface area is 110 Å². The highest BCUT2D eigenvalue weighted by molar-refractivity contribution is 5.89. The van der Waals surface area contributed by atoms with Crippen molar-refractivity contribution in [2.24, 2.45) is 0 Å². The molecule has 0 aliphatic carbocycles. The molecule has 0 saturated carbocycles. The molecule has 1 aromatic rings. The van der Waals surface area contributed by atoms with E-state index in [9.17, 15) is 14.9 Å². The molecular weight excluding hydrogens is 248 g/mol. The van der Waals surface area contributed by atoms with E-state index < -0.39 is 4.92 Å². The summed E-state index contributed by atoms with van der Waals surface area (Å²) in [5.74, 6) is 0. The Balaban J connectivity index is 1.85. The van der Waals surface area contributed by atoms with E-state index in [0.29, 0.717) is 5.69 Å². The van der Waals surface area contributed by atoms with Crippen LogP contribution in [0.4, 0.5) is 16.2 Å². The lowest BCUT2D eigenvalue weighted by Gasteiger charge is -2.23. The zero-order chi connectivity index (χ0) is 13.7. The predicted molar refractivity (Wildman–Crippen MR) is 71.1 cm³/mol. The number of benzene rings is 1. The van der Waals surface area contributed by atoms with Gasteiger partial charge in [0.05, 0.1) is 4.92 Å². The number of carbonyl (C=O) groups excluding carboxylic acids is 1. The summed E-state index contributed by atoms with van der Waals surface area (Å²) in [6, 6.07) is 5.58. The Hall–Kier alpha value is -2.15. The number of non-ortho nitro benzene ring substituents is 1. The molecule has 1 unspecified atom stereocenters. The molecule has 2 amide bonds. The highest BCUT2D eigenvalue weighted by Gasteiger charge is 2.15. The fraction of sp³-hybridized carbons (Fsp3) is 0.417. The fourth-order valence-corrected chi connectivity index (χ4v) is 1.99. The van der Waals surface area contributed by atoms with Crippen LogP contribution in [0.2, 0.25) is 0 Å². The fourth-order valence-electron chi connectivity index (χ4n) is 1.99. The van der Waals surface area contributed by atoms with Gasteiger partial charge in [0.15, 0.2) is 0 Å². The molecule has 3 N–H and O–H groups in total. The predicted octanol–water partition coefficient (Wildman–Crippen LogP) is 1.47. The van der Waals surface area contributed by atoms with Gasteiger partial charge in [-0.15, -0.1) is 0 Å². The Morgan fingerprint density at radius 1 is 1.37 bits per heavy atom. The molecule has 7 nitrogen and oxygen atoms in total. The Morgan fingerprint density at radius 3 is 2.68 bits per heavy atom. The lowest BCUT2D eigenvalue weighted by molar-refractivity contribution is -0.384. The number of hydrogen-bond donors (Lipinski definition) is 3. The van der Waals surface area contributed by atoms with Crippen LogP contribution in [-0.2, 0) is 0 Å². The number of anilines is 1. The summed E-state index contributed by atoms with van der Waals surface area (Å²) in [4.78, 5) is 21.7. The van der Waals surface area contributed by atoms with Gasteiger partial charge in [0.1, 0.15) is 0 Å². The van der Waals surface area contributed by atoms with Crippen LogP contribution in [0.15, 0.2) is 24.3 Å². The van der Waals surface area contributed by atoms with Crippen molar-refractivity contribution in [3.05, 3.63) is 34.4 Å². The minimum absolute atomic E-state index is 0.00226. The molecule has 1 heterocycles. The first-order valence-corrected chi connectivity index (χ1v) is 6.18. The van der Waals surface area contributed by atoms with E-state index in [2.05, 4.69) is 16.0 Å². The third-order valence-corrected chi connectivity index (χ3v) is 2.97. The molecule has 0 bridgehead atoms. The average molecular weight is 264 g/mol. The van der Waals surface area contributed by atoms with Crippen molar-refractivity contribution < 1.29 is 9.72 Å². The Morgan fingerprint density at radius 2 is 2.11 bits per heavy atom. The summed E-state index contributed by atoms with van der Waals surface area (Å²) in [5.41, 5.74) is 0.536. The number of amides is 2. The van der Waals surface area contributed by atoms with Crippen molar-refractivity contribution in [3.8, 4) is 0 Å². The molecule has 1 aliphatic heterocycles. The Kier molecular flexibility index (Phi) is 4.30. The molecule has 0 aromatic heterocycles. The molecule has 102 valence electrons. The molecule has 2 rings (SSSR count). The van der Waals surface area contributed by atoms with Crippen molar-refractivity contribution in [2.45, 2.75) is 18.9 Å². The SMILES string of the molecule is O=C(Nc1ccc([N+](=O)[O-])cc1)NC1CCCNC1. The second-order valence-corrected chi connectivity index (χ2v) is 4.45. The molecular formula is C12H16N4O3. The number of rotatable bonds is 3. The second kappa shape index (κ2) is 6.14. The maximum Gasteiger partial charge on any atom is 0.319 e. The smallest absolute Gasteiger partial charge is 0.319 e. The second-order valence-electron chi connectivity index (χ2n) is 4.45. The first kappa shape index (κ1) is 13.3. The molecule has 19 heavy (non-hydrogen) atoms. The third-order valence-electron chi connectivity index (χ3n) is 2.97. The zero-order valence-electron chi connectivity index (χ0n) is 10.4. The largest absolute Gasteiger partial charge is 0.334 e. The van der Waals surface area contributed by atoms with Crippen LogP contribution < -0.4 is 16.0 Å². The lowest BCUT2D eigenvalue weighted by Crippen LogP contribution is -2.47. The molecule has 1 aliphatic rings. The van der Waals surface area contributed by atoms with Gasteiger partial charge in [0, 0.05) is 30.4 Å². The standard InChI is InChI=1S/C12H16N4O3/c17-12(15-10-2-1-7-13-8-10)14-9-3-5-11(6-4-9)16(18)19/h3-6,10,13H,1-2,7-8H2,(H2,14,15,17). The van der Waals surface area contributed by atoms with E-state index in [1.54, 1.807) is 0 Å². The van der Waals surface area contributed by atoms with Gasteiger partial charge in [-0.25, -0.2) is 4.79 Å². The summed E-state index contributed by atoms with van der Waals surface area (Å²) in [5, 5.41) is 19.2. The highest BCUT2D eigenvalue weighted by Crippen LogP contribution is 2.15. The van der Waals surface area contributed by atoms with Crippen molar-refractivity contribution in [1.29, 1.82) is 0 Å². The minimum Gasteiger partial charge on any atom is -0.334 e. The van der Waals surface area contributed by atoms with Crippen molar-refractivity contribution in [1.82, 2.24) is 10.6 Å². The maximum atomic E-state index is 11.7. The monoisotopic (exact) mass is 264 g/mol. The molecule has 1 atom stereocenters. The molecule has 0 spiro atoms. The number of nitrogens with one attached hydrogen (secondary N) is 3. The number of nitro benzene ring substituents is 1. The minimum atomic E-state index is -0.475. The van der Waals surface area contributed by atoms with Gasteiger partial charge in [-0.3, -0.25) is 10.1 Å². The van der Waals surface area contributed by atoms with Crippen LogP contribution in [0.3, 0.4) is 0 Å². The van der Waals surface area contributed by atoms with Crippen LogP contribution in [-0.4, -0.2) is 30.1 Å². The first-order chi connectivity index (χ1) is 9.15. The van der Waals surface area contributed by atoms with E-state index in [1.807, 2.05) is 0 Å². The molecule has 0 radical (unpaired) electrons. The number of carbonyl (C=O) groups is 1. The molecule has 7 heteroatoms. The molecule has 1 fully saturated rings. The van der Waals surface area contributed by atoms with Crippen molar-refractivity contribution in [3.63, 3.8) is 0 Å². The summed E-state index contributed by atoms with van der Waals surface area (Å²) in [6.45, 7) is 1.76. The number of piperidine rings is 1. The first-order valence-electron chi connectivity index (χ1n) is 6.18. The number of urea groups is 1. The third kappa shape index (κ3) is 3.92. The maximum absolute atomic E-state index is 11.7. The van der Waals surface area contributed by atoms with Crippen LogP contribution in [0.25, 0.3) is 0 Å². The van der Waals surface area contributed by atoms with Crippen molar-refractivity contribution in [2.75, 3.05) is 18.4 Å². The number of nitro groups is 1. The van der Waals surface area contributed by atoms with Crippen LogP contribution in [0.1, 0.15) is 12.8 Å². The van der Waals surface area contributed by atoms with Crippen LogP contribution in [0, 0.1) is 10.1 Å². The highest BCUT2D eigenvalue weighted by atomic mass is 16.6. The van der Waals surface area contributed by atoms with E-state index in [0.717, 1.165) is 25.9 Å². The summed E-state index contributed by atoms with van der Waals surface area (Å²) < 4.78 is 0. The van der Waals surface area contributed by atoms with Gasteiger partial charge >= 0.3 is 6.03 Å². The summed E-state index contributed by atoms with van der Waals surface area (Å²) >= 11 is 0. The quantitative estimate of drug-likeness (QED) is 0.569. The summed E-state index contributed by atoms with van der Waals surface area (Å²) in [7, 11) is 0. The van der Waals surface area contributed by atoms with Crippen LogP contribution in [0.5, 0.6) is 0 Å².